The van der Waals surface area contributed by atoms with E-state index < -0.39 is 4.92 Å². The molecule has 0 saturated heterocycles. The molecule has 10 nitrogen and oxygen atoms in total. The highest BCUT2D eigenvalue weighted by molar-refractivity contribution is 5.99. The Bertz CT molecular complexity index is 1410. The van der Waals surface area contributed by atoms with Crippen molar-refractivity contribution in [2.45, 2.75) is 37.8 Å². The number of aromatic nitrogens is 2. The van der Waals surface area contributed by atoms with Crippen LogP contribution in [0.1, 0.15) is 46.7 Å². The van der Waals surface area contributed by atoms with Gasteiger partial charge < -0.3 is 26.3 Å². The van der Waals surface area contributed by atoms with Crippen LogP contribution in [0.3, 0.4) is 0 Å². The standard InChI is InChI=1S/C12H11N3O3.C12H13N3O/c16-12(13-8-1-2-8)11-6-7-5-9(15(17)18)3-4-10(7)14-11;13-8-1-4-10-7(5-8)6-11(15-10)12(16)14-9-2-3-9/h3-6,8,14H,1-2H2,(H,13,16);1,4-6,9,15H,2-3,13H2,(H,14,16). The molecule has 2 aliphatic rings. The van der Waals surface area contributed by atoms with Crippen LogP contribution in [0.4, 0.5) is 11.4 Å². The van der Waals surface area contributed by atoms with Crippen LogP contribution < -0.4 is 16.4 Å². The normalized spacial score (nSPS) is 14.9. The molecule has 34 heavy (non-hydrogen) atoms. The molecule has 0 unspecified atom stereocenters. The molecule has 2 saturated carbocycles. The van der Waals surface area contributed by atoms with Crippen molar-refractivity contribution in [3.8, 4) is 0 Å². The molecule has 2 aromatic carbocycles. The van der Waals surface area contributed by atoms with Gasteiger partial charge in [-0.05, 0) is 62.1 Å². The number of fused-ring (bicyclic) bond motifs is 2. The van der Waals surface area contributed by atoms with E-state index >= 15 is 0 Å². The van der Waals surface area contributed by atoms with Crippen molar-refractivity contribution >= 4 is 45.0 Å². The van der Waals surface area contributed by atoms with E-state index in [9.17, 15) is 19.7 Å². The number of nitrogens with zero attached hydrogens (tertiary/aromatic N) is 1. The minimum atomic E-state index is -0.448. The van der Waals surface area contributed by atoms with E-state index in [1.54, 1.807) is 12.1 Å². The fourth-order valence-corrected chi connectivity index (χ4v) is 3.61. The minimum absolute atomic E-state index is 0.0238. The summed E-state index contributed by atoms with van der Waals surface area (Å²) in [5.41, 5.74) is 9.13. The molecule has 0 radical (unpaired) electrons. The van der Waals surface area contributed by atoms with E-state index in [-0.39, 0.29) is 17.5 Å². The number of nitrogens with one attached hydrogen (secondary N) is 4. The van der Waals surface area contributed by atoms with Gasteiger partial charge in [0.2, 0.25) is 0 Å². The summed E-state index contributed by atoms with van der Waals surface area (Å²) in [7, 11) is 0. The second kappa shape index (κ2) is 8.54. The average Bonchev–Trinajstić information content (AvgIpc) is 3.71. The van der Waals surface area contributed by atoms with Gasteiger partial charge in [-0.2, -0.15) is 0 Å². The first-order chi connectivity index (χ1) is 16.4. The monoisotopic (exact) mass is 460 g/mol. The maximum absolute atomic E-state index is 11.8. The summed E-state index contributed by atoms with van der Waals surface area (Å²) in [6, 6.07) is 14.2. The summed E-state index contributed by atoms with van der Waals surface area (Å²) in [5.74, 6) is -0.186. The highest BCUT2D eigenvalue weighted by Gasteiger charge is 2.25. The number of carbonyl (C=O) groups is 2. The van der Waals surface area contributed by atoms with Gasteiger partial charge in [-0.3, -0.25) is 19.7 Å². The van der Waals surface area contributed by atoms with E-state index in [0.29, 0.717) is 34.5 Å². The quantitative estimate of drug-likeness (QED) is 0.174. The molecule has 2 aromatic heterocycles. The average molecular weight is 460 g/mol. The van der Waals surface area contributed by atoms with Gasteiger partial charge in [0.25, 0.3) is 17.5 Å². The molecule has 6 N–H and O–H groups in total. The largest absolute Gasteiger partial charge is 0.399 e. The predicted molar refractivity (Wildman–Crippen MR) is 129 cm³/mol. The van der Waals surface area contributed by atoms with E-state index in [0.717, 1.165) is 42.1 Å². The van der Waals surface area contributed by atoms with Crippen molar-refractivity contribution in [3.05, 3.63) is 70.0 Å². The van der Waals surface area contributed by atoms with Crippen LogP contribution in [0.5, 0.6) is 0 Å². The fraction of sp³-hybridized carbons (Fsp3) is 0.250. The number of aromatic amines is 2. The molecule has 2 heterocycles. The number of carbonyl (C=O) groups excluding carboxylic acids is 2. The number of hydrogen-bond donors (Lipinski definition) is 5. The smallest absolute Gasteiger partial charge is 0.270 e. The Morgan fingerprint density at radius 2 is 1.32 bits per heavy atom. The molecule has 174 valence electrons. The van der Waals surface area contributed by atoms with E-state index in [1.807, 2.05) is 24.3 Å². The topological polar surface area (TPSA) is 159 Å². The van der Waals surface area contributed by atoms with Gasteiger partial charge in [-0.25, -0.2) is 0 Å². The van der Waals surface area contributed by atoms with E-state index in [2.05, 4.69) is 20.6 Å². The second-order valence-electron chi connectivity index (χ2n) is 8.74. The van der Waals surface area contributed by atoms with Gasteiger partial charge in [0, 0.05) is 51.7 Å². The molecular formula is C24H24N6O4. The Hall–Kier alpha value is -4.34. The third kappa shape index (κ3) is 4.85. The molecule has 0 spiro atoms. The summed E-state index contributed by atoms with van der Waals surface area (Å²) in [6.07, 6.45) is 4.24. The molecule has 4 aromatic rings. The van der Waals surface area contributed by atoms with Crippen LogP contribution in [0.15, 0.2) is 48.5 Å². The molecule has 10 heteroatoms. The van der Waals surface area contributed by atoms with Gasteiger partial charge in [-0.1, -0.05) is 0 Å². The third-order valence-corrected chi connectivity index (χ3v) is 5.77. The van der Waals surface area contributed by atoms with Gasteiger partial charge in [0.05, 0.1) is 4.92 Å². The van der Waals surface area contributed by atoms with Crippen molar-refractivity contribution < 1.29 is 14.5 Å². The lowest BCUT2D eigenvalue weighted by atomic mass is 10.2. The van der Waals surface area contributed by atoms with Gasteiger partial charge in [0.15, 0.2) is 0 Å². The van der Waals surface area contributed by atoms with Crippen molar-refractivity contribution in [2.24, 2.45) is 0 Å². The minimum Gasteiger partial charge on any atom is -0.399 e. The number of H-pyrrole nitrogens is 2. The number of nitrogens with two attached hydrogens (primary N) is 1. The van der Waals surface area contributed by atoms with Crippen LogP contribution in [0, 0.1) is 10.1 Å². The molecule has 0 aliphatic heterocycles. The fourth-order valence-electron chi connectivity index (χ4n) is 3.61. The zero-order valence-electron chi connectivity index (χ0n) is 18.3. The lowest BCUT2D eigenvalue weighted by Gasteiger charge is -1.98. The first-order valence-corrected chi connectivity index (χ1v) is 11.1. The molecule has 2 amide bonds. The summed E-state index contributed by atoms with van der Waals surface area (Å²) in [5, 5.41) is 18.1. The van der Waals surface area contributed by atoms with Crippen LogP contribution >= 0.6 is 0 Å². The third-order valence-electron chi connectivity index (χ3n) is 5.77. The Morgan fingerprint density at radius 1 is 0.824 bits per heavy atom. The summed E-state index contributed by atoms with van der Waals surface area (Å²) in [4.78, 5) is 39.8. The maximum atomic E-state index is 11.8. The highest BCUT2D eigenvalue weighted by Crippen LogP contribution is 2.24. The van der Waals surface area contributed by atoms with Crippen molar-refractivity contribution in [2.75, 3.05) is 5.73 Å². The molecule has 6 rings (SSSR count). The number of non-ortho nitro benzene ring substituents is 1. The van der Waals surface area contributed by atoms with E-state index in [4.69, 9.17) is 5.73 Å². The summed E-state index contributed by atoms with van der Waals surface area (Å²) < 4.78 is 0. The first kappa shape index (κ1) is 21.5. The Morgan fingerprint density at radius 3 is 1.82 bits per heavy atom. The highest BCUT2D eigenvalue weighted by atomic mass is 16.6. The molecule has 0 atom stereocenters. The van der Waals surface area contributed by atoms with Crippen LogP contribution in [0.25, 0.3) is 21.8 Å². The SMILES string of the molecule is Nc1ccc2[nH]c(C(=O)NC3CC3)cc2c1.O=C(NC1CC1)c1cc2cc([N+](=O)[O-])ccc2[nH]1. The zero-order chi connectivity index (χ0) is 23.8. The second-order valence-corrected chi connectivity index (χ2v) is 8.74. The number of benzene rings is 2. The number of nitrogen functional groups attached to an aromatic ring is 1. The number of amides is 2. The predicted octanol–water partition coefficient (Wildman–Crippen LogP) is 3.61. The Labute approximate surface area is 194 Å². The van der Waals surface area contributed by atoms with Crippen LogP contribution in [-0.4, -0.2) is 38.8 Å². The summed E-state index contributed by atoms with van der Waals surface area (Å²) in [6.45, 7) is 0. The lowest BCUT2D eigenvalue weighted by molar-refractivity contribution is -0.384. The summed E-state index contributed by atoms with van der Waals surface area (Å²) >= 11 is 0. The van der Waals surface area contributed by atoms with Gasteiger partial charge in [-0.15, -0.1) is 0 Å². The number of nitro groups is 1. The van der Waals surface area contributed by atoms with Crippen molar-refractivity contribution in [3.63, 3.8) is 0 Å². The Kier molecular flexibility index (Phi) is 5.40. The van der Waals surface area contributed by atoms with Gasteiger partial charge in [0.1, 0.15) is 11.4 Å². The number of anilines is 1. The Balaban J connectivity index is 0.000000142. The first-order valence-electron chi connectivity index (χ1n) is 11.1. The molecule has 2 fully saturated rings. The van der Waals surface area contributed by atoms with Crippen LogP contribution in [-0.2, 0) is 0 Å². The molecule has 2 aliphatic carbocycles. The zero-order valence-corrected chi connectivity index (χ0v) is 18.3. The molecule has 0 bridgehead atoms. The van der Waals surface area contributed by atoms with E-state index in [1.165, 1.54) is 12.1 Å². The van der Waals surface area contributed by atoms with Crippen molar-refractivity contribution in [1.29, 1.82) is 0 Å². The van der Waals surface area contributed by atoms with Crippen molar-refractivity contribution in [1.82, 2.24) is 20.6 Å². The number of hydrogen-bond acceptors (Lipinski definition) is 5. The number of nitro benzene ring substituents is 1. The number of rotatable bonds is 5. The van der Waals surface area contributed by atoms with Gasteiger partial charge >= 0.3 is 0 Å². The lowest BCUT2D eigenvalue weighted by Crippen LogP contribution is -2.25. The molecular weight excluding hydrogens is 436 g/mol. The van der Waals surface area contributed by atoms with Crippen LogP contribution in [0.2, 0.25) is 0 Å². The maximum Gasteiger partial charge on any atom is 0.270 e.